The molecule has 19 heavy (non-hydrogen) atoms. The van der Waals surface area contributed by atoms with Gasteiger partial charge in [-0.1, -0.05) is 20.8 Å². The summed E-state index contributed by atoms with van der Waals surface area (Å²) in [6, 6.07) is 0.739. The van der Waals surface area contributed by atoms with Gasteiger partial charge in [-0.15, -0.1) is 0 Å². The van der Waals surface area contributed by atoms with E-state index in [1.54, 1.807) is 0 Å². The van der Waals surface area contributed by atoms with Crippen molar-refractivity contribution in [2.45, 2.75) is 52.5 Å². The topological polar surface area (TPSA) is 24.5 Å². The maximum atomic E-state index is 5.38. The van der Waals surface area contributed by atoms with Crippen molar-refractivity contribution in [2.75, 3.05) is 39.4 Å². The first-order valence-electron chi connectivity index (χ1n) is 8.09. The highest BCUT2D eigenvalue weighted by molar-refractivity contribution is 4.86. The van der Waals surface area contributed by atoms with E-state index >= 15 is 0 Å². The van der Waals surface area contributed by atoms with Crippen LogP contribution in [-0.4, -0.2) is 50.3 Å². The predicted molar refractivity (Wildman–Crippen MR) is 80.5 cm³/mol. The zero-order chi connectivity index (χ0) is 13.7. The second-order valence-corrected chi connectivity index (χ2v) is 7.37. The normalized spacial score (nSPS) is 32.4. The highest BCUT2D eigenvalue weighted by Gasteiger charge is 2.31. The summed E-state index contributed by atoms with van der Waals surface area (Å²) in [6.45, 7) is 13.7. The maximum absolute atomic E-state index is 5.38. The van der Waals surface area contributed by atoms with Gasteiger partial charge in [-0.3, -0.25) is 4.90 Å². The molecule has 0 aromatic rings. The van der Waals surface area contributed by atoms with E-state index in [1.165, 1.54) is 38.8 Å². The number of rotatable bonds is 5. The highest BCUT2D eigenvalue weighted by Crippen LogP contribution is 2.38. The van der Waals surface area contributed by atoms with Crippen molar-refractivity contribution in [3.05, 3.63) is 0 Å². The lowest BCUT2D eigenvalue weighted by Gasteiger charge is -2.39. The molecule has 112 valence electrons. The molecule has 1 aliphatic heterocycles. The summed E-state index contributed by atoms with van der Waals surface area (Å²) < 4.78 is 5.38. The molecule has 2 rings (SSSR count). The first kappa shape index (κ1) is 15.3. The third kappa shape index (κ3) is 5.41. The molecule has 0 amide bonds. The zero-order valence-electron chi connectivity index (χ0n) is 13.1. The van der Waals surface area contributed by atoms with Crippen molar-refractivity contribution in [3.63, 3.8) is 0 Å². The van der Waals surface area contributed by atoms with Crippen molar-refractivity contribution in [1.29, 1.82) is 0 Å². The third-order valence-electron chi connectivity index (χ3n) is 4.57. The van der Waals surface area contributed by atoms with Crippen molar-refractivity contribution >= 4 is 0 Å². The summed E-state index contributed by atoms with van der Waals surface area (Å²) in [5, 5.41) is 3.79. The Morgan fingerprint density at radius 3 is 2.63 bits per heavy atom. The van der Waals surface area contributed by atoms with Gasteiger partial charge in [-0.25, -0.2) is 0 Å². The van der Waals surface area contributed by atoms with Crippen LogP contribution in [0.3, 0.4) is 0 Å². The molecule has 0 aromatic heterocycles. The van der Waals surface area contributed by atoms with Gasteiger partial charge >= 0.3 is 0 Å². The van der Waals surface area contributed by atoms with E-state index in [-0.39, 0.29) is 0 Å². The summed E-state index contributed by atoms with van der Waals surface area (Å²) in [4.78, 5) is 2.53. The van der Waals surface area contributed by atoms with Crippen LogP contribution in [0, 0.1) is 11.3 Å². The minimum atomic E-state index is 0.527. The number of ether oxygens (including phenoxy) is 1. The highest BCUT2D eigenvalue weighted by atomic mass is 16.5. The van der Waals surface area contributed by atoms with E-state index < -0.39 is 0 Å². The average molecular weight is 268 g/mol. The summed E-state index contributed by atoms with van der Waals surface area (Å²) in [5.74, 6) is 0.875. The zero-order valence-corrected chi connectivity index (χ0v) is 13.1. The van der Waals surface area contributed by atoms with Gasteiger partial charge in [0.1, 0.15) is 0 Å². The van der Waals surface area contributed by atoms with Crippen LogP contribution in [0.1, 0.15) is 46.5 Å². The fraction of sp³-hybridized carbons (Fsp3) is 1.00. The largest absolute Gasteiger partial charge is 0.379 e. The van der Waals surface area contributed by atoms with E-state index in [0.717, 1.165) is 38.3 Å². The molecule has 0 bridgehead atoms. The molecule has 2 unspecified atom stereocenters. The minimum absolute atomic E-state index is 0.527. The van der Waals surface area contributed by atoms with Crippen molar-refractivity contribution in [3.8, 4) is 0 Å². The molecule has 0 aromatic carbocycles. The van der Waals surface area contributed by atoms with Crippen LogP contribution in [0.4, 0.5) is 0 Å². The van der Waals surface area contributed by atoms with E-state index in [9.17, 15) is 0 Å². The lowest BCUT2D eigenvalue weighted by molar-refractivity contribution is 0.0371. The van der Waals surface area contributed by atoms with Gasteiger partial charge in [0.05, 0.1) is 13.2 Å². The Labute approximate surface area is 119 Å². The molecule has 2 aliphatic rings. The number of hydrogen-bond donors (Lipinski definition) is 1. The lowest BCUT2D eigenvalue weighted by Crippen LogP contribution is -2.42. The lowest BCUT2D eigenvalue weighted by atomic mass is 9.70. The molecule has 3 nitrogen and oxygen atoms in total. The van der Waals surface area contributed by atoms with Crippen LogP contribution in [0.2, 0.25) is 0 Å². The van der Waals surface area contributed by atoms with Crippen LogP contribution in [0.25, 0.3) is 0 Å². The Kier molecular flexibility index (Phi) is 5.67. The molecule has 1 saturated heterocycles. The first-order chi connectivity index (χ1) is 9.05. The quantitative estimate of drug-likeness (QED) is 0.775. The molecule has 0 spiro atoms. The number of hydrogen-bond acceptors (Lipinski definition) is 3. The van der Waals surface area contributed by atoms with Crippen molar-refractivity contribution in [1.82, 2.24) is 10.2 Å². The van der Waals surface area contributed by atoms with E-state index in [2.05, 4.69) is 31.0 Å². The second kappa shape index (κ2) is 7.05. The Hall–Kier alpha value is -0.120. The second-order valence-electron chi connectivity index (χ2n) is 7.37. The Balaban J connectivity index is 1.59. The van der Waals surface area contributed by atoms with Crippen LogP contribution in [0.5, 0.6) is 0 Å². The van der Waals surface area contributed by atoms with Gasteiger partial charge in [0.2, 0.25) is 0 Å². The molecular formula is C16H32N2O. The summed E-state index contributed by atoms with van der Waals surface area (Å²) in [5.41, 5.74) is 0.527. The molecule has 3 heteroatoms. The average Bonchev–Trinajstić information content (AvgIpc) is 2.33. The Morgan fingerprint density at radius 1 is 1.21 bits per heavy atom. The van der Waals surface area contributed by atoms with Gasteiger partial charge in [0, 0.05) is 19.1 Å². The summed E-state index contributed by atoms with van der Waals surface area (Å²) in [7, 11) is 0. The van der Waals surface area contributed by atoms with Crippen LogP contribution in [0.15, 0.2) is 0 Å². The molecule has 2 fully saturated rings. The van der Waals surface area contributed by atoms with Gasteiger partial charge < -0.3 is 10.1 Å². The molecule has 2 atom stereocenters. The summed E-state index contributed by atoms with van der Waals surface area (Å²) >= 11 is 0. The van der Waals surface area contributed by atoms with Crippen LogP contribution in [-0.2, 0) is 4.74 Å². The molecule has 1 N–H and O–H groups in total. The van der Waals surface area contributed by atoms with E-state index in [0.29, 0.717) is 5.41 Å². The van der Waals surface area contributed by atoms with Gasteiger partial charge in [0.25, 0.3) is 0 Å². The monoisotopic (exact) mass is 268 g/mol. The van der Waals surface area contributed by atoms with Crippen molar-refractivity contribution < 1.29 is 4.74 Å². The molecule has 0 radical (unpaired) electrons. The molecular weight excluding hydrogens is 236 g/mol. The van der Waals surface area contributed by atoms with E-state index in [1.807, 2.05) is 0 Å². The van der Waals surface area contributed by atoms with Crippen LogP contribution < -0.4 is 5.32 Å². The van der Waals surface area contributed by atoms with Crippen LogP contribution >= 0.6 is 0 Å². The molecule has 1 saturated carbocycles. The Bertz CT molecular complexity index is 261. The number of morpholine rings is 1. The molecule has 1 heterocycles. The standard InChI is InChI=1S/C16H32N2O/c1-14-11-15(13-16(2,3)12-14)17-5-4-6-18-7-9-19-10-8-18/h14-15,17H,4-13H2,1-3H3. The smallest absolute Gasteiger partial charge is 0.0594 e. The molecule has 1 aliphatic carbocycles. The third-order valence-corrected chi connectivity index (χ3v) is 4.57. The van der Waals surface area contributed by atoms with Gasteiger partial charge in [0.15, 0.2) is 0 Å². The first-order valence-corrected chi connectivity index (χ1v) is 8.09. The van der Waals surface area contributed by atoms with E-state index in [4.69, 9.17) is 4.74 Å². The SMILES string of the molecule is CC1CC(NCCCN2CCOCC2)CC(C)(C)C1. The van der Waals surface area contributed by atoms with Crippen molar-refractivity contribution in [2.24, 2.45) is 11.3 Å². The predicted octanol–water partition coefficient (Wildman–Crippen LogP) is 2.51. The maximum Gasteiger partial charge on any atom is 0.0594 e. The number of nitrogens with zero attached hydrogens (tertiary/aromatic N) is 1. The van der Waals surface area contributed by atoms with Gasteiger partial charge in [-0.2, -0.15) is 0 Å². The summed E-state index contributed by atoms with van der Waals surface area (Å²) in [6.07, 6.45) is 5.36. The fourth-order valence-electron chi connectivity index (χ4n) is 3.94. The fourth-order valence-corrected chi connectivity index (χ4v) is 3.94. The minimum Gasteiger partial charge on any atom is -0.379 e. The number of nitrogens with one attached hydrogen (secondary N) is 1. The Morgan fingerprint density at radius 2 is 1.95 bits per heavy atom. The van der Waals surface area contributed by atoms with Gasteiger partial charge in [-0.05, 0) is 50.1 Å².